The van der Waals surface area contributed by atoms with Gasteiger partial charge in [-0.05, 0) is 32.2 Å². The minimum Gasteiger partial charge on any atom is -0.316 e. The fourth-order valence-corrected chi connectivity index (χ4v) is 5.67. The average Bonchev–Trinajstić information content (AvgIpc) is 2.79. The van der Waals surface area contributed by atoms with E-state index in [1.165, 1.54) is 25.7 Å². The Bertz CT molecular complexity index is 333. The molecule has 0 spiro atoms. The number of hydrogen-bond donors (Lipinski definition) is 1. The zero-order chi connectivity index (χ0) is 12.3. The number of sulfone groups is 1. The highest BCUT2D eigenvalue weighted by Gasteiger charge is 2.36. The van der Waals surface area contributed by atoms with Gasteiger partial charge in [-0.25, -0.2) is 8.42 Å². The van der Waals surface area contributed by atoms with Gasteiger partial charge >= 0.3 is 0 Å². The molecule has 1 saturated heterocycles. The molecule has 1 aliphatic heterocycles. The molecule has 2 aliphatic rings. The van der Waals surface area contributed by atoms with Crippen LogP contribution in [0.4, 0.5) is 0 Å². The summed E-state index contributed by atoms with van der Waals surface area (Å²) >= 11 is 0. The van der Waals surface area contributed by atoms with Crippen LogP contribution in [0.1, 0.15) is 51.4 Å². The van der Waals surface area contributed by atoms with E-state index in [0.717, 1.165) is 31.6 Å². The van der Waals surface area contributed by atoms with E-state index in [1.807, 2.05) is 7.05 Å². The molecule has 1 saturated carbocycles. The Morgan fingerprint density at radius 1 is 1.12 bits per heavy atom. The van der Waals surface area contributed by atoms with Crippen molar-refractivity contribution < 1.29 is 8.42 Å². The summed E-state index contributed by atoms with van der Waals surface area (Å²) < 4.78 is 24.2. The molecule has 0 aromatic heterocycles. The van der Waals surface area contributed by atoms with E-state index in [0.29, 0.717) is 5.75 Å². The van der Waals surface area contributed by atoms with Gasteiger partial charge in [-0.2, -0.15) is 0 Å². The monoisotopic (exact) mass is 259 g/mol. The molecule has 3 nitrogen and oxygen atoms in total. The fourth-order valence-electron chi connectivity index (χ4n) is 3.49. The molecule has 0 aromatic rings. The van der Waals surface area contributed by atoms with Crippen LogP contribution in [0, 0.1) is 5.92 Å². The predicted molar refractivity (Wildman–Crippen MR) is 70.8 cm³/mol. The molecule has 1 N–H and O–H groups in total. The van der Waals surface area contributed by atoms with Gasteiger partial charge in [0, 0.05) is 6.04 Å². The van der Waals surface area contributed by atoms with Gasteiger partial charge < -0.3 is 5.32 Å². The highest BCUT2D eigenvalue weighted by atomic mass is 32.2. The topological polar surface area (TPSA) is 46.2 Å². The van der Waals surface area contributed by atoms with Crippen LogP contribution >= 0.6 is 0 Å². The van der Waals surface area contributed by atoms with Crippen LogP contribution in [0.15, 0.2) is 0 Å². The maximum atomic E-state index is 12.1. The first kappa shape index (κ1) is 13.3. The lowest BCUT2D eigenvalue weighted by Crippen LogP contribution is -2.46. The molecule has 0 amide bonds. The summed E-state index contributed by atoms with van der Waals surface area (Å²) in [6, 6.07) is 0.184. The van der Waals surface area contributed by atoms with Gasteiger partial charge in [0.15, 0.2) is 9.84 Å². The zero-order valence-corrected chi connectivity index (χ0v) is 11.6. The van der Waals surface area contributed by atoms with Crippen LogP contribution < -0.4 is 5.32 Å². The van der Waals surface area contributed by atoms with E-state index in [-0.39, 0.29) is 11.3 Å². The first-order chi connectivity index (χ1) is 8.13. The molecule has 0 radical (unpaired) electrons. The smallest absolute Gasteiger partial charge is 0.154 e. The summed E-state index contributed by atoms with van der Waals surface area (Å²) in [5.41, 5.74) is 0. The maximum absolute atomic E-state index is 12.1. The Morgan fingerprint density at radius 2 is 1.76 bits per heavy atom. The van der Waals surface area contributed by atoms with Crippen molar-refractivity contribution in [3.63, 3.8) is 0 Å². The van der Waals surface area contributed by atoms with Crippen molar-refractivity contribution in [1.82, 2.24) is 5.32 Å². The van der Waals surface area contributed by atoms with Gasteiger partial charge in [-0.15, -0.1) is 0 Å². The third kappa shape index (κ3) is 3.22. The number of rotatable bonds is 4. The van der Waals surface area contributed by atoms with E-state index in [2.05, 4.69) is 5.32 Å². The fraction of sp³-hybridized carbons (Fsp3) is 1.00. The Kier molecular flexibility index (Phi) is 4.47. The molecule has 0 bridgehead atoms. The van der Waals surface area contributed by atoms with Gasteiger partial charge in [-0.1, -0.05) is 32.1 Å². The summed E-state index contributed by atoms with van der Waals surface area (Å²) in [4.78, 5) is 0. The summed E-state index contributed by atoms with van der Waals surface area (Å²) in [6.07, 6.45) is 9.11. The Labute approximate surface area is 105 Å². The van der Waals surface area contributed by atoms with Crippen LogP contribution in [-0.2, 0) is 9.84 Å². The molecule has 1 aliphatic carbocycles. The van der Waals surface area contributed by atoms with Crippen LogP contribution in [0.25, 0.3) is 0 Å². The van der Waals surface area contributed by atoms with Crippen molar-refractivity contribution in [3.8, 4) is 0 Å². The minimum atomic E-state index is -2.84. The molecule has 0 aromatic carbocycles. The van der Waals surface area contributed by atoms with E-state index in [1.54, 1.807) is 0 Å². The largest absolute Gasteiger partial charge is 0.316 e. The van der Waals surface area contributed by atoms with Crippen LogP contribution in [-0.4, -0.2) is 32.5 Å². The van der Waals surface area contributed by atoms with Crippen molar-refractivity contribution in [2.24, 2.45) is 5.92 Å². The van der Waals surface area contributed by atoms with Crippen molar-refractivity contribution in [1.29, 1.82) is 0 Å². The molecule has 100 valence electrons. The third-order valence-electron chi connectivity index (χ3n) is 4.51. The Morgan fingerprint density at radius 3 is 2.35 bits per heavy atom. The molecular formula is C13H25NO2S. The lowest BCUT2D eigenvalue weighted by atomic mass is 9.94. The quantitative estimate of drug-likeness (QED) is 0.841. The Hall–Kier alpha value is -0.0900. The van der Waals surface area contributed by atoms with Crippen LogP contribution in [0.3, 0.4) is 0 Å². The Balaban J connectivity index is 2.00. The van der Waals surface area contributed by atoms with Crippen molar-refractivity contribution in [2.45, 2.75) is 62.7 Å². The SMILES string of the molecule is CNC(CC1CCCC1)C1CCCCS1(=O)=O. The van der Waals surface area contributed by atoms with Gasteiger partial charge in [-0.3, -0.25) is 0 Å². The summed E-state index contributed by atoms with van der Waals surface area (Å²) in [7, 11) is -0.919. The summed E-state index contributed by atoms with van der Waals surface area (Å²) in [5.74, 6) is 1.16. The van der Waals surface area contributed by atoms with Crippen molar-refractivity contribution in [2.75, 3.05) is 12.8 Å². The second-order valence-electron chi connectivity index (χ2n) is 5.68. The van der Waals surface area contributed by atoms with Gasteiger partial charge in [0.2, 0.25) is 0 Å². The van der Waals surface area contributed by atoms with Gasteiger partial charge in [0.1, 0.15) is 0 Å². The summed E-state index contributed by atoms with van der Waals surface area (Å²) in [5, 5.41) is 3.15. The average molecular weight is 259 g/mol. The van der Waals surface area contributed by atoms with E-state index in [4.69, 9.17) is 0 Å². The lowest BCUT2D eigenvalue weighted by Gasteiger charge is -2.31. The molecule has 2 rings (SSSR count). The normalized spacial score (nSPS) is 31.5. The predicted octanol–water partition coefficient (Wildman–Crippen LogP) is 2.12. The molecule has 4 heteroatoms. The number of hydrogen-bond acceptors (Lipinski definition) is 3. The third-order valence-corrected chi connectivity index (χ3v) is 6.85. The minimum absolute atomic E-state index is 0.123. The van der Waals surface area contributed by atoms with Crippen molar-refractivity contribution in [3.05, 3.63) is 0 Å². The standard InChI is InChI=1S/C13H25NO2S/c1-14-12(10-11-6-2-3-7-11)13-8-4-5-9-17(13,15)16/h11-14H,2-10H2,1H3. The van der Waals surface area contributed by atoms with Crippen LogP contribution in [0.2, 0.25) is 0 Å². The van der Waals surface area contributed by atoms with Crippen molar-refractivity contribution >= 4 is 9.84 Å². The molecule has 2 unspecified atom stereocenters. The van der Waals surface area contributed by atoms with Gasteiger partial charge in [0.05, 0.1) is 11.0 Å². The molecule has 17 heavy (non-hydrogen) atoms. The molecule has 1 heterocycles. The number of nitrogens with one attached hydrogen (secondary N) is 1. The first-order valence-corrected chi connectivity index (χ1v) is 8.74. The second kappa shape index (κ2) is 5.70. The second-order valence-corrected chi connectivity index (χ2v) is 8.02. The zero-order valence-electron chi connectivity index (χ0n) is 10.8. The maximum Gasteiger partial charge on any atom is 0.154 e. The molecule has 2 fully saturated rings. The molecular weight excluding hydrogens is 234 g/mol. The van der Waals surface area contributed by atoms with E-state index < -0.39 is 9.84 Å². The first-order valence-electron chi connectivity index (χ1n) is 7.02. The highest BCUT2D eigenvalue weighted by Crippen LogP contribution is 2.32. The van der Waals surface area contributed by atoms with Gasteiger partial charge in [0.25, 0.3) is 0 Å². The van der Waals surface area contributed by atoms with E-state index >= 15 is 0 Å². The summed E-state index contributed by atoms with van der Waals surface area (Å²) in [6.45, 7) is 0. The van der Waals surface area contributed by atoms with Crippen LogP contribution in [0.5, 0.6) is 0 Å². The molecule has 2 atom stereocenters. The lowest BCUT2D eigenvalue weighted by molar-refractivity contribution is 0.371. The van der Waals surface area contributed by atoms with E-state index in [9.17, 15) is 8.42 Å². The highest BCUT2D eigenvalue weighted by molar-refractivity contribution is 7.92.